The highest BCUT2D eigenvalue weighted by Crippen LogP contribution is 2.30. The number of hydrogen-bond donors (Lipinski definition) is 0. The third-order valence-corrected chi connectivity index (χ3v) is 5.52. The van der Waals surface area contributed by atoms with Crippen molar-refractivity contribution in [3.63, 3.8) is 0 Å². The van der Waals surface area contributed by atoms with Gasteiger partial charge in [-0.25, -0.2) is 4.98 Å². The van der Waals surface area contributed by atoms with Crippen molar-refractivity contribution in [2.24, 2.45) is 0 Å². The molecule has 0 N–H and O–H groups in total. The molecule has 152 valence electrons. The van der Waals surface area contributed by atoms with Gasteiger partial charge in [-0.2, -0.15) is 4.68 Å². The smallest absolute Gasteiger partial charge is 0.282 e. The molecule has 2 aliphatic heterocycles. The fourth-order valence-electron chi connectivity index (χ4n) is 3.98. The van der Waals surface area contributed by atoms with E-state index in [-0.39, 0.29) is 11.2 Å². The van der Waals surface area contributed by atoms with Crippen molar-refractivity contribution in [1.29, 1.82) is 0 Å². The molecule has 0 bridgehead atoms. The number of hydrogen-bond acceptors (Lipinski definition) is 5. The molecule has 5 rings (SSSR count). The number of non-ortho nitro benzene ring substituents is 1. The molecule has 0 amide bonds. The Morgan fingerprint density at radius 3 is 2.26 bits per heavy atom. The van der Waals surface area contributed by atoms with E-state index in [1.54, 1.807) is 18.3 Å². The summed E-state index contributed by atoms with van der Waals surface area (Å²) in [5.41, 5.74) is 3.56. The number of rotatable bonds is 3. The Kier molecular flexibility index (Phi) is 4.14. The molecule has 0 radical (unpaired) electrons. The van der Waals surface area contributed by atoms with Gasteiger partial charge in [0, 0.05) is 46.2 Å². The van der Waals surface area contributed by atoms with E-state index in [9.17, 15) is 14.9 Å². The van der Waals surface area contributed by atoms with E-state index < -0.39 is 4.92 Å². The summed E-state index contributed by atoms with van der Waals surface area (Å²) in [6, 6.07) is 17.5. The Morgan fingerprint density at radius 2 is 1.58 bits per heavy atom. The third kappa shape index (κ3) is 2.88. The Hall–Kier alpha value is -4.33. The fraction of sp³-hybridized carbons (Fsp3) is 0.0870. The van der Waals surface area contributed by atoms with E-state index in [1.165, 1.54) is 16.8 Å². The summed E-state index contributed by atoms with van der Waals surface area (Å²) in [6.07, 6.45) is 1.73. The van der Waals surface area contributed by atoms with E-state index >= 15 is 0 Å². The van der Waals surface area contributed by atoms with Gasteiger partial charge in [0.05, 0.1) is 16.2 Å². The predicted molar refractivity (Wildman–Crippen MR) is 117 cm³/mol. The second kappa shape index (κ2) is 6.88. The highest BCUT2D eigenvalue weighted by molar-refractivity contribution is 5.91. The number of para-hydroxylation sites is 1. The summed E-state index contributed by atoms with van der Waals surface area (Å²) >= 11 is 0. The first-order valence-corrected chi connectivity index (χ1v) is 9.66. The number of aryl methyl sites for hydroxylation is 2. The normalized spacial score (nSPS) is 11.3. The van der Waals surface area contributed by atoms with Gasteiger partial charge in [-0.05, 0) is 44.2 Å². The molecular weight excluding hydrogens is 394 g/mol. The first-order valence-electron chi connectivity index (χ1n) is 9.66. The molecule has 3 aromatic rings. The van der Waals surface area contributed by atoms with Crippen LogP contribution in [0, 0.1) is 24.0 Å². The lowest BCUT2D eigenvalue weighted by Gasteiger charge is -2.09. The lowest BCUT2D eigenvalue weighted by molar-refractivity contribution is -0.384. The largest absolute Gasteiger partial charge is 0.317 e. The molecule has 2 aliphatic rings. The van der Waals surface area contributed by atoms with Gasteiger partial charge >= 0.3 is 0 Å². The summed E-state index contributed by atoms with van der Waals surface area (Å²) in [5, 5.41) is 17.2. The standard InChI is InChI=1S/C23H17N5O3/c1-14-19-12-20-22(25-27(23(20)29)17-6-4-3-5-7-17)24-13-21(19)15(2)26(14)16-8-10-18(11-9-16)28(30)31/h3-13H,1-2H3. The molecule has 0 fully saturated rings. The van der Waals surface area contributed by atoms with Crippen LogP contribution in [0.3, 0.4) is 0 Å². The van der Waals surface area contributed by atoms with Gasteiger partial charge in [0.1, 0.15) is 0 Å². The predicted octanol–water partition coefficient (Wildman–Crippen LogP) is 4.20. The van der Waals surface area contributed by atoms with Crippen LogP contribution in [0.15, 0.2) is 71.7 Å². The molecular formula is C23H17N5O3. The zero-order chi connectivity index (χ0) is 21.7. The second-order valence-electron chi connectivity index (χ2n) is 7.30. The average Bonchev–Trinajstić information content (AvgIpc) is 3.11. The molecule has 8 nitrogen and oxygen atoms in total. The van der Waals surface area contributed by atoms with Crippen LogP contribution in [-0.4, -0.2) is 24.3 Å². The average molecular weight is 411 g/mol. The third-order valence-electron chi connectivity index (χ3n) is 5.52. The van der Waals surface area contributed by atoms with E-state index in [0.717, 1.165) is 27.8 Å². The first kappa shape index (κ1) is 18.7. The van der Waals surface area contributed by atoms with Crippen molar-refractivity contribution in [1.82, 2.24) is 19.3 Å². The van der Waals surface area contributed by atoms with E-state index in [1.807, 2.05) is 54.8 Å². The SMILES string of the molecule is Cc1c2cnc3nn(-c4ccccc4)c(=O)c-3cc2c(C)n1-c1ccc([N+](=O)[O-])cc1. The highest BCUT2D eigenvalue weighted by atomic mass is 16.6. The van der Waals surface area contributed by atoms with E-state index in [4.69, 9.17) is 0 Å². The molecule has 0 saturated carbocycles. The quantitative estimate of drug-likeness (QED) is 0.327. The van der Waals surface area contributed by atoms with Gasteiger partial charge in [-0.3, -0.25) is 14.9 Å². The minimum atomic E-state index is -0.420. The number of fused-ring (bicyclic) bond motifs is 2. The number of benzene rings is 2. The van der Waals surface area contributed by atoms with Crippen LogP contribution < -0.4 is 5.56 Å². The topological polar surface area (TPSA) is 95.8 Å². The first-order chi connectivity index (χ1) is 15.0. The summed E-state index contributed by atoms with van der Waals surface area (Å²) in [7, 11) is 0. The van der Waals surface area contributed by atoms with Crippen molar-refractivity contribution >= 4 is 16.5 Å². The number of nitrogens with zero attached hydrogens (tertiary/aromatic N) is 5. The van der Waals surface area contributed by atoms with Crippen molar-refractivity contribution in [3.05, 3.63) is 98.7 Å². The Morgan fingerprint density at radius 1 is 0.903 bits per heavy atom. The molecule has 31 heavy (non-hydrogen) atoms. The maximum absolute atomic E-state index is 13.1. The van der Waals surface area contributed by atoms with Gasteiger partial charge in [-0.1, -0.05) is 18.2 Å². The number of nitro benzene ring substituents is 1. The van der Waals surface area contributed by atoms with Crippen molar-refractivity contribution in [2.75, 3.05) is 0 Å². The summed E-state index contributed by atoms with van der Waals surface area (Å²) in [6.45, 7) is 3.91. The van der Waals surface area contributed by atoms with Crippen molar-refractivity contribution in [2.45, 2.75) is 13.8 Å². The van der Waals surface area contributed by atoms with Crippen molar-refractivity contribution < 1.29 is 4.92 Å². The summed E-state index contributed by atoms with van der Waals surface area (Å²) in [4.78, 5) is 28.1. The molecule has 0 saturated heterocycles. The van der Waals surface area contributed by atoms with Crippen molar-refractivity contribution in [3.8, 4) is 22.8 Å². The van der Waals surface area contributed by atoms with E-state index in [0.29, 0.717) is 17.1 Å². The molecule has 3 heterocycles. The zero-order valence-corrected chi connectivity index (χ0v) is 16.8. The Balaban J connectivity index is 1.73. The number of aromatic nitrogens is 4. The minimum Gasteiger partial charge on any atom is -0.317 e. The fourth-order valence-corrected chi connectivity index (χ4v) is 3.98. The van der Waals surface area contributed by atoms with Crippen LogP contribution in [-0.2, 0) is 0 Å². The minimum absolute atomic E-state index is 0.0369. The summed E-state index contributed by atoms with van der Waals surface area (Å²) in [5.74, 6) is 0.380. The second-order valence-corrected chi connectivity index (χ2v) is 7.30. The molecule has 0 atom stereocenters. The summed E-state index contributed by atoms with van der Waals surface area (Å²) < 4.78 is 3.37. The molecule has 0 spiro atoms. The maximum Gasteiger partial charge on any atom is 0.282 e. The van der Waals surface area contributed by atoms with Gasteiger partial charge < -0.3 is 4.57 Å². The van der Waals surface area contributed by atoms with Crippen LogP contribution in [0.1, 0.15) is 11.4 Å². The van der Waals surface area contributed by atoms with Crippen LogP contribution in [0.2, 0.25) is 0 Å². The van der Waals surface area contributed by atoms with Crippen LogP contribution >= 0.6 is 0 Å². The van der Waals surface area contributed by atoms with Gasteiger partial charge in [0.2, 0.25) is 0 Å². The Labute approximate surface area is 176 Å². The highest BCUT2D eigenvalue weighted by Gasteiger charge is 2.20. The van der Waals surface area contributed by atoms with Crippen LogP contribution in [0.25, 0.3) is 33.5 Å². The van der Waals surface area contributed by atoms with Gasteiger partial charge in [0.25, 0.3) is 11.2 Å². The Bertz CT molecular complexity index is 1480. The number of nitro groups is 1. The van der Waals surface area contributed by atoms with E-state index in [2.05, 4.69) is 10.1 Å². The molecule has 8 heteroatoms. The molecule has 0 unspecified atom stereocenters. The monoisotopic (exact) mass is 411 g/mol. The van der Waals surface area contributed by atoms with Gasteiger partial charge in [-0.15, -0.1) is 5.10 Å². The van der Waals surface area contributed by atoms with Gasteiger partial charge in [0.15, 0.2) is 5.82 Å². The lowest BCUT2D eigenvalue weighted by Crippen LogP contribution is -2.14. The molecule has 1 aromatic heterocycles. The van der Waals surface area contributed by atoms with Crippen LogP contribution in [0.4, 0.5) is 5.69 Å². The van der Waals surface area contributed by atoms with Crippen LogP contribution in [0.5, 0.6) is 0 Å². The lowest BCUT2D eigenvalue weighted by atomic mass is 10.2. The maximum atomic E-state index is 13.1. The zero-order valence-electron chi connectivity index (χ0n) is 16.8. The molecule has 2 aromatic carbocycles. The molecule has 0 aliphatic carbocycles.